The van der Waals surface area contributed by atoms with Crippen LogP contribution < -0.4 is 24.2 Å². The van der Waals surface area contributed by atoms with Crippen LogP contribution in [0.25, 0.3) is 10.9 Å². The van der Waals surface area contributed by atoms with Crippen molar-refractivity contribution >= 4 is 55.8 Å². The maximum Gasteiger partial charge on any atom is 0.262 e. The number of ether oxygens (including phenoxy) is 3. The van der Waals surface area contributed by atoms with E-state index in [4.69, 9.17) is 19.2 Å². The second-order valence-corrected chi connectivity index (χ2v) is 19.4. The first-order valence-electron chi connectivity index (χ1n) is 19.9. The molecule has 1 aromatic carbocycles. The highest BCUT2D eigenvalue weighted by molar-refractivity contribution is 7.90. The van der Waals surface area contributed by atoms with Gasteiger partial charge in [-0.3, -0.25) is 23.9 Å². The Morgan fingerprint density at radius 2 is 1.82 bits per heavy atom. The molecule has 3 aromatic rings. The van der Waals surface area contributed by atoms with Crippen LogP contribution in [-0.2, 0) is 24.4 Å². The van der Waals surface area contributed by atoms with Gasteiger partial charge in [0.2, 0.25) is 27.7 Å². The lowest BCUT2D eigenvalue weighted by molar-refractivity contribution is -0.140. The van der Waals surface area contributed by atoms with E-state index >= 15 is 0 Å². The van der Waals surface area contributed by atoms with Gasteiger partial charge in [-0.25, -0.2) is 13.4 Å². The molecule has 0 unspecified atom stereocenters. The molecule has 0 spiro atoms. The largest absolute Gasteiger partial charge is 0.496 e. The Morgan fingerprint density at radius 3 is 2.53 bits per heavy atom. The maximum atomic E-state index is 14.8. The lowest BCUT2D eigenvalue weighted by Crippen LogP contribution is -2.52. The van der Waals surface area contributed by atoms with E-state index in [-0.39, 0.29) is 43.1 Å². The molecule has 5 atom stereocenters. The van der Waals surface area contributed by atoms with Crippen LogP contribution in [0.5, 0.6) is 17.4 Å². The number of amides is 3. The molecule has 4 aliphatic rings. The second kappa shape index (κ2) is 16.4. The highest BCUT2D eigenvalue weighted by Crippen LogP contribution is 2.57. The van der Waals surface area contributed by atoms with Crippen molar-refractivity contribution in [1.29, 1.82) is 0 Å². The number of carbonyl (C=O) groups is 4. The van der Waals surface area contributed by atoms with Crippen LogP contribution in [0, 0.1) is 25.2 Å². The molecule has 57 heavy (non-hydrogen) atoms. The zero-order chi connectivity index (χ0) is 40.6. The number of pyridine rings is 1. The molecule has 2 aromatic heterocycles. The summed E-state index contributed by atoms with van der Waals surface area (Å²) >= 11 is 1.34. The molecule has 7 rings (SSSR count). The van der Waals surface area contributed by atoms with Gasteiger partial charge in [-0.1, -0.05) is 25.0 Å². The van der Waals surface area contributed by atoms with Gasteiger partial charge < -0.3 is 24.4 Å². The monoisotopic (exact) mass is 820 g/mol. The summed E-state index contributed by atoms with van der Waals surface area (Å²) in [6.07, 6.45) is 7.69. The van der Waals surface area contributed by atoms with Gasteiger partial charge in [-0.2, -0.15) is 0 Å². The summed E-state index contributed by atoms with van der Waals surface area (Å²) in [5, 5.41) is 3.08. The first kappa shape index (κ1) is 40.7. The number of rotatable bonds is 10. The highest BCUT2D eigenvalue weighted by Gasteiger charge is 2.61. The van der Waals surface area contributed by atoms with Crippen LogP contribution in [0.1, 0.15) is 98.2 Å². The number of aromatic nitrogens is 1. The summed E-state index contributed by atoms with van der Waals surface area (Å²) in [6.45, 7) is 7.64. The minimum Gasteiger partial charge on any atom is -0.496 e. The Bertz CT molecular complexity index is 2200. The third kappa shape index (κ3) is 8.84. The summed E-state index contributed by atoms with van der Waals surface area (Å²) in [5.74, 6) is -0.661. The van der Waals surface area contributed by atoms with Gasteiger partial charge in [-0.05, 0) is 96.4 Å². The van der Waals surface area contributed by atoms with Gasteiger partial charge in [0.15, 0.2) is 5.78 Å². The van der Waals surface area contributed by atoms with Crippen molar-refractivity contribution in [2.75, 3.05) is 13.7 Å². The molecular formula is C42H52N4O9S2. The van der Waals surface area contributed by atoms with Gasteiger partial charge in [0.05, 0.1) is 46.9 Å². The van der Waals surface area contributed by atoms with Gasteiger partial charge in [0.25, 0.3) is 5.91 Å². The first-order valence-corrected chi connectivity index (χ1v) is 22.3. The van der Waals surface area contributed by atoms with E-state index in [2.05, 4.69) is 10.0 Å². The molecule has 2 saturated carbocycles. The molecule has 0 radical (unpaired) electrons. The molecule has 3 amide bonds. The minimum absolute atomic E-state index is 0.0393. The fourth-order valence-corrected chi connectivity index (χ4v) is 10.3. The number of sulfonamides is 1. The van der Waals surface area contributed by atoms with E-state index in [1.807, 2.05) is 58.0 Å². The highest BCUT2D eigenvalue weighted by atomic mass is 32.2. The molecular weight excluding hydrogens is 769 g/mol. The number of allylic oxidation sites excluding steroid dienone is 2. The number of Topliss-reactive ketones (excluding diaryl/α,β-unsaturated/α-hetero) is 1. The van der Waals surface area contributed by atoms with E-state index in [9.17, 15) is 27.6 Å². The second-order valence-electron chi connectivity index (χ2n) is 16.2. The SMILES string of the molecule is COc1ccc2c(O[C@@H]3C[C@H]4C(=O)C[C@]5(C(=O)NS(=O)(=O)C6CC6)C[C@H]5/C=C\CCCCC[C@H](NC(=O)c5ccc(C)s5)C(=O)N4C3)cc(OC(C)C)nc2c1C. The molecule has 3 fully saturated rings. The van der Waals surface area contributed by atoms with Gasteiger partial charge in [-0.15, -0.1) is 11.3 Å². The number of aryl methyl sites for hydroxylation is 2. The van der Waals surface area contributed by atoms with Crippen molar-refractivity contribution in [2.45, 2.75) is 121 Å². The summed E-state index contributed by atoms with van der Waals surface area (Å²) in [5.41, 5.74) is 0.156. The van der Waals surface area contributed by atoms with Crippen molar-refractivity contribution in [2.24, 2.45) is 11.3 Å². The average Bonchev–Trinajstić information content (AvgIpc) is 4.05. The smallest absolute Gasteiger partial charge is 0.262 e. The maximum absolute atomic E-state index is 14.8. The number of fused-ring (bicyclic) bond motifs is 3. The van der Waals surface area contributed by atoms with E-state index in [1.165, 1.54) is 16.2 Å². The minimum atomic E-state index is -3.86. The number of methoxy groups -OCH3 is 1. The fourth-order valence-electron chi connectivity index (χ4n) is 8.13. The van der Waals surface area contributed by atoms with Crippen LogP contribution in [-0.4, -0.2) is 85.0 Å². The molecule has 2 aliphatic heterocycles. The molecule has 2 N–H and O–H groups in total. The van der Waals surface area contributed by atoms with Crippen LogP contribution in [0.3, 0.4) is 0 Å². The summed E-state index contributed by atoms with van der Waals surface area (Å²) in [6, 6.07) is 7.08. The van der Waals surface area contributed by atoms with Gasteiger partial charge in [0, 0.05) is 34.7 Å². The van der Waals surface area contributed by atoms with E-state index in [0.29, 0.717) is 65.3 Å². The Kier molecular flexibility index (Phi) is 11.7. The number of nitrogens with zero attached hydrogens (tertiary/aromatic N) is 2. The normalized spacial score (nSPS) is 26.2. The topological polar surface area (TPSA) is 170 Å². The quantitative estimate of drug-likeness (QED) is 0.233. The molecule has 13 nitrogen and oxygen atoms in total. The Balaban J connectivity index is 1.23. The number of ketones is 1. The Hall–Kier alpha value is -4.50. The zero-order valence-electron chi connectivity index (χ0n) is 33.2. The molecule has 306 valence electrons. The zero-order valence-corrected chi connectivity index (χ0v) is 34.8. The predicted molar refractivity (Wildman–Crippen MR) is 216 cm³/mol. The van der Waals surface area contributed by atoms with E-state index < -0.39 is 50.7 Å². The summed E-state index contributed by atoms with van der Waals surface area (Å²) in [7, 11) is -2.27. The van der Waals surface area contributed by atoms with Gasteiger partial charge in [0.1, 0.15) is 23.6 Å². The van der Waals surface area contributed by atoms with Crippen LogP contribution in [0.15, 0.2) is 42.5 Å². The number of benzene rings is 1. The van der Waals surface area contributed by atoms with Gasteiger partial charge >= 0.3 is 0 Å². The van der Waals surface area contributed by atoms with Crippen LogP contribution in [0.2, 0.25) is 0 Å². The summed E-state index contributed by atoms with van der Waals surface area (Å²) < 4.78 is 46.5. The Labute approximate surface area is 338 Å². The van der Waals surface area contributed by atoms with Crippen molar-refractivity contribution in [3.05, 3.63) is 57.8 Å². The van der Waals surface area contributed by atoms with Crippen LogP contribution >= 0.6 is 11.3 Å². The lowest BCUT2D eigenvalue weighted by Gasteiger charge is -2.29. The standard InChI is InChI=1S/C42H52N4O9S2/c1-24(2)54-37-20-35(30-16-17-34(53-5)26(4)38(30)44-37)55-28-19-32-33(47)22-42(41(50)45-57(51,52)29-14-15-29)21-27(42)11-9-7-6-8-10-12-31(40(49)46(32)23-28)43-39(48)36-18-13-25(3)56-36/h9,11,13,16-18,20,24,27-29,31-32H,6-8,10,12,14-15,19,21-23H2,1-5H3,(H,43,48)(H,45,50)/b11-9-/t27-,28-,31+,32+,42-/m1/s1. The predicted octanol–water partition coefficient (Wildman–Crippen LogP) is 5.95. The van der Waals surface area contributed by atoms with E-state index in [1.54, 1.807) is 19.2 Å². The van der Waals surface area contributed by atoms with E-state index in [0.717, 1.165) is 29.7 Å². The first-order chi connectivity index (χ1) is 27.2. The molecule has 1 saturated heterocycles. The van der Waals surface area contributed by atoms with Crippen molar-refractivity contribution in [1.82, 2.24) is 19.9 Å². The molecule has 2 aliphatic carbocycles. The molecule has 4 heterocycles. The molecule has 0 bridgehead atoms. The lowest BCUT2D eigenvalue weighted by atomic mass is 9.91. The average molecular weight is 821 g/mol. The third-order valence-electron chi connectivity index (χ3n) is 11.5. The summed E-state index contributed by atoms with van der Waals surface area (Å²) in [4.78, 5) is 64.5. The molecule has 15 heteroatoms. The van der Waals surface area contributed by atoms with Crippen molar-refractivity contribution in [3.63, 3.8) is 0 Å². The number of hydrogen-bond donors (Lipinski definition) is 2. The number of thiophene rings is 1. The number of hydrogen-bond acceptors (Lipinski definition) is 11. The third-order valence-corrected chi connectivity index (χ3v) is 14.3. The fraction of sp³-hybridized carbons (Fsp3) is 0.548. The number of carbonyl (C=O) groups excluding carboxylic acids is 4. The number of nitrogens with one attached hydrogen (secondary N) is 2. The van der Waals surface area contributed by atoms with Crippen molar-refractivity contribution in [3.8, 4) is 17.4 Å². The Morgan fingerprint density at radius 1 is 1.04 bits per heavy atom. The van der Waals surface area contributed by atoms with Crippen LogP contribution in [0.4, 0.5) is 0 Å². The van der Waals surface area contributed by atoms with Crippen molar-refractivity contribution < 1.29 is 41.8 Å².